The van der Waals surface area contributed by atoms with Gasteiger partial charge in [0.1, 0.15) is 16.2 Å². The molecule has 1 rings (SSSR count). The van der Waals surface area contributed by atoms with E-state index in [4.69, 9.17) is 10.2 Å². The normalized spacial score (nSPS) is 13.0. The van der Waals surface area contributed by atoms with Crippen molar-refractivity contribution in [1.29, 1.82) is 0 Å². The molecule has 7 heteroatoms. The summed E-state index contributed by atoms with van der Waals surface area (Å²) in [6, 6.07) is 4.75. The smallest absolute Gasteiger partial charge is 0.744 e. The van der Waals surface area contributed by atoms with Gasteiger partial charge >= 0.3 is 29.6 Å². The molecule has 0 bridgehead atoms. The SMILES string of the molecule is O=S(=O)([O-])c1ccc(C(O)CO)cc1.[Na+]. The number of benzene rings is 1. The number of rotatable bonds is 3. The van der Waals surface area contributed by atoms with E-state index in [9.17, 15) is 13.0 Å². The molecular formula is C8H9NaO5S. The van der Waals surface area contributed by atoms with Gasteiger partial charge in [-0.05, 0) is 17.7 Å². The van der Waals surface area contributed by atoms with Crippen LogP contribution in [0.1, 0.15) is 11.7 Å². The molecule has 0 heterocycles. The first-order chi connectivity index (χ1) is 6.45. The van der Waals surface area contributed by atoms with Crippen LogP contribution in [0.4, 0.5) is 0 Å². The van der Waals surface area contributed by atoms with Crippen LogP contribution in [0.15, 0.2) is 29.2 Å². The number of aliphatic hydroxyl groups excluding tert-OH is 2. The maximum atomic E-state index is 10.5. The first-order valence-electron chi connectivity index (χ1n) is 3.80. The van der Waals surface area contributed by atoms with Crippen LogP contribution in [0.2, 0.25) is 0 Å². The second-order valence-corrected chi connectivity index (χ2v) is 4.10. The summed E-state index contributed by atoms with van der Waals surface area (Å²) in [4.78, 5) is -0.355. The van der Waals surface area contributed by atoms with Gasteiger partial charge in [-0.15, -0.1) is 0 Å². The van der Waals surface area contributed by atoms with Crippen LogP contribution < -0.4 is 29.6 Å². The first kappa shape index (κ1) is 15.0. The van der Waals surface area contributed by atoms with Gasteiger partial charge in [0, 0.05) is 0 Å². The Morgan fingerprint density at radius 1 is 1.27 bits per heavy atom. The maximum absolute atomic E-state index is 10.5. The van der Waals surface area contributed by atoms with E-state index in [-0.39, 0.29) is 34.5 Å². The Labute approximate surface area is 110 Å². The van der Waals surface area contributed by atoms with E-state index in [0.29, 0.717) is 5.56 Å². The molecule has 5 nitrogen and oxygen atoms in total. The third-order valence-corrected chi connectivity index (χ3v) is 2.58. The maximum Gasteiger partial charge on any atom is 1.00 e. The van der Waals surface area contributed by atoms with Gasteiger partial charge in [0.2, 0.25) is 0 Å². The van der Waals surface area contributed by atoms with Gasteiger partial charge < -0.3 is 14.8 Å². The van der Waals surface area contributed by atoms with E-state index in [1.807, 2.05) is 0 Å². The average Bonchev–Trinajstić information content (AvgIpc) is 2.15. The van der Waals surface area contributed by atoms with Crippen molar-refractivity contribution in [3.63, 3.8) is 0 Å². The number of aliphatic hydroxyl groups is 2. The molecule has 0 aliphatic carbocycles. The zero-order valence-corrected chi connectivity index (χ0v) is 10.9. The summed E-state index contributed by atoms with van der Waals surface area (Å²) in [7, 11) is -4.45. The van der Waals surface area contributed by atoms with Crippen molar-refractivity contribution in [3.8, 4) is 0 Å². The van der Waals surface area contributed by atoms with E-state index < -0.39 is 22.8 Å². The van der Waals surface area contributed by atoms with Gasteiger partial charge in [-0.2, -0.15) is 0 Å². The predicted molar refractivity (Wildman–Crippen MR) is 46.5 cm³/mol. The van der Waals surface area contributed by atoms with E-state index in [1.54, 1.807) is 0 Å². The van der Waals surface area contributed by atoms with Gasteiger partial charge in [0.15, 0.2) is 0 Å². The van der Waals surface area contributed by atoms with E-state index in [1.165, 1.54) is 12.1 Å². The van der Waals surface area contributed by atoms with Crippen LogP contribution >= 0.6 is 0 Å². The van der Waals surface area contributed by atoms with Crippen molar-refractivity contribution in [2.75, 3.05) is 6.61 Å². The van der Waals surface area contributed by atoms with Gasteiger partial charge in [-0.1, -0.05) is 12.1 Å². The molecule has 0 radical (unpaired) electrons. The van der Waals surface area contributed by atoms with Crippen LogP contribution in [0.3, 0.4) is 0 Å². The number of hydrogen-bond donors (Lipinski definition) is 2. The van der Waals surface area contributed by atoms with Gasteiger partial charge in [-0.3, -0.25) is 0 Å². The standard InChI is InChI=1S/C8H10O5S.Na/c9-5-8(10)6-1-3-7(4-2-6)14(11,12)13;/h1-4,8-10H,5H2,(H,11,12,13);/q;+1/p-1. The Morgan fingerprint density at radius 3 is 2.07 bits per heavy atom. The summed E-state index contributed by atoms with van der Waals surface area (Å²) in [6.45, 7) is -0.455. The van der Waals surface area contributed by atoms with Crippen molar-refractivity contribution < 1.29 is 52.7 Å². The quantitative estimate of drug-likeness (QED) is 0.424. The zero-order valence-electron chi connectivity index (χ0n) is 8.12. The Balaban J connectivity index is 0.00000196. The third-order valence-electron chi connectivity index (χ3n) is 1.73. The topological polar surface area (TPSA) is 97.7 Å². The van der Waals surface area contributed by atoms with Gasteiger partial charge in [0.25, 0.3) is 0 Å². The van der Waals surface area contributed by atoms with Crippen molar-refractivity contribution in [3.05, 3.63) is 29.8 Å². The minimum atomic E-state index is -4.45. The van der Waals surface area contributed by atoms with Crippen molar-refractivity contribution in [1.82, 2.24) is 0 Å². The van der Waals surface area contributed by atoms with Gasteiger partial charge in [-0.25, -0.2) is 8.42 Å². The second kappa shape index (κ2) is 5.95. The Bertz CT molecular complexity index is 400. The van der Waals surface area contributed by atoms with Crippen molar-refractivity contribution >= 4 is 10.1 Å². The molecule has 0 amide bonds. The minimum absolute atomic E-state index is 0. The van der Waals surface area contributed by atoms with Crippen LogP contribution in [0.25, 0.3) is 0 Å². The fraction of sp³-hybridized carbons (Fsp3) is 0.250. The second-order valence-electron chi connectivity index (χ2n) is 2.72. The summed E-state index contributed by atoms with van der Waals surface area (Å²) in [5.74, 6) is 0. The molecule has 0 saturated heterocycles. The molecule has 0 spiro atoms. The summed E-state index contributed by atoms with van der Waals surface area (Å²) in [5.41, 5.74) is 0.361. The van der Waals surface area contributed by atoms with E-state index in [2.05, 4.69) is 0 Å². The predicted octanol–water partition coefficient (Wildman–Crippen LogP) is -3.38. The first-order valence-corrected chi connectivity index (χ1v) is 5.21. The number of hydrogen-bond acceptors (Lipinski definition) is 5. The largest absolute Gasteiger partial charge is 1.00 e. The molecule has 0 aromatic heterocycles. The molecule has 1 aromatic carbocycles. The molecule has 0 aliphatic heterocycles. The molecule has 2 N–H and O–H groups in total. The Hall–Kier alpha value is 0.0500. The molecular weight excluding hydrogens is 231 g/mol. The monoisotopic (exact) mass is 240 g/mol. The van der Waals surface area contributed by atoms with Crippen LogP contribution in [0, 0.1) is 0 Å². The van der Waals surface area contributed by atoms with E-state index >= 15 is 0 Å². The summed E-state index contributed by atoms with van der Waals surface area (Å²) in [5, 5.41) is 17.7. The minimum Gasteiger partial charge on any atom is -0.744 e. The molecule has 0 aliphatic rings. The molecule has 1 atom stereocenters. The van der Waals surface area contributed by atoms with Gasteiger partial charge in [0.05, 0.1) is 11.5 Å². The third kappa shape index (κ3) is 4.20. The fourth-order valence-electron chi connectivity index (χ4n) is 0.962. The molecule has 15 heavy (non-hydrogen) atoms. The molecule has 1 unspecified atom stereocenters. The molecule has 1 aromatic rings. The van der Waals surface area contributed by atoms with Crippen LogP contribution in [-0.2, 0) is 10.1 Å². The zero-order chi connectivity index (χ0) is 10.8. The van der Waals surface area contributed by atoms with Crippen LogP contribution in [-0.4, -0.2) is 29.8 Å². The molecule has 0 saturated carbocycles. The fourth-order valence-corrected chi connectivity index (χ4v) is 1.43. The van der Waals surface area contributed by atoms with Crippen LogP contribution in [0.5, 0.6) is 0 Å². The molecule has 0 fully saturated rings. The Kier molecular flexibility index (Phi) is 5.97. The average molecular weight is 240 g/mol. The molecule has 78 valence electrons. The van der Waals surface area contributed by atoms with Crippen molar-refractivity contribution in [2.45, 2.75) is 11.0 Å². The summed E-state index contributed by atoms with van der Waals surface area (Å²) in [6.07, 6.45) is -1.06. The Morgan fingerprint density at radius 2 is 1.73 bits per heavy atom. The summed E-state index contributed by atoms with van der Waals surface area (Å²) >= 11 is 0. The van der Waals surface area contributed by atoms with Crippen molar-refractivity contribution in [2.24, 2.45) is 0 Å². The van der Waals surface area contributed by atoms with E-state index in [0.717, 1.165) is 12.1 Å². The summed E-state index contributed by atoms with van der Waals surface area (Å²) < 4.78 is 31.5.